The maximum atomic E-state index is 13.6. The molecule has 0 unspecified atom stereocenters. The van der Waals surface area contributed by atoms with Crippen LogP contribution in [-0.2, 0) is 26.0 Å². The number of nitrogens with zero attached hydrogens (tertiary/aromatic N) is 2. The molecule has 8 nitrogen and oxygen atoms in total. The number of rotatable bonds is 13. The van der Waals surface area contributed by atoms with Gasteiger partial charge in [0.05, 0.1) is 11.9 Å². The second kappa shape index (κ2) is 13.0. The minimum absolute atomic E-state index is 0.213. The van der Waals surface area contributed by atoms with Gasteiger partial charge in [0.15, 0.2) is 5.78 Å². The predicted octanol–water partition coefficient (Wildman–Crippen LogP) is 3.03. The van der Waals surface area contributed by atoms with E-state index < -0.39 is 28.5 Å². The Hall–Kier alpha value is -3.20. The van der Waals surface area contributed by atoms with Crippen molar-refractivity contribution in [2.24, 2.45) is 0 Å². The zero-order chi connectivity index (χ0) is 26.0. The highest BCUT2D eigenvalue weighted by atomic mass is 32.2. The Labute approximate surface area is 208 Å². The first-order valence-corrected chi connectivity index (χ1v) is 13.6. The van der Waals surface area contributed by atoms with Crippen molar-refractivity contribution in [3.8, 4) is 0 Å². The quantitative estimate of drug-likeness (QED) is 0.425. The number of carbonyl (C=O) groups is 3. The van der Waals surface area contributed by atoms with Crippen LogP contribution < -0.4 is 9.62 Å². The molecule has 0 radical (unpaired) electrons. The van der Waals surface area contributed by atoms with Gasteiger partial charge in [-0.1, -0.05) is 56.3 Å². The zero-order valence-electron chi connectivity index (χ0n) is 20.9. The minimum Gasteiger partial charge on any atom is -0.354 e. The lowest BCUT2D eigenvalue weighted by Crippen LogP contribution is -2.53. The summed E-state index contributed by atoms with van der Waals surface area (Å²) >= 11 is 0. The number of anilines is 1. The Balaban J connectivity index is 2.38. The average Bonchev–Trinajstić information content (AvgIpc) is 2.83. The molecule has 0 aliphatic rings. The van der Waals surface area contributed by atoms with Crippen molar-refractivity contribution >= 4 is 33.3 Å². The molecule has 2 aromatic rings. The van der Waals surface area contributed by atoms with Crippen LogP contribution in [0.15, 0.2) is 54.6 Å². The summed E-state index contributed by atoms with van der Waals surface area (Å²) in [6.07, 6.45) is 2.67. The lowest BCUT2D eigenvalue weighted by Gasteiger charge is -2.33. The third-order valence-corrected chi connectivity index (χ3v) is 6.78. The molecule has 0 saturated heterocycles. The standard InChI is InChI=1S/C26H35N3O5S/c1-5-16-27-26(32)24(6-2)28(17-15-21-11-8-7-9-12-21)25(31)19-29(35(4,33)34)23-14-10-13-22(18-23)20(3)30/h7-14,18,24H,5-6,15-17,19H2,1-4H3,(H,27,32)/t24-/m1/s1. The van der Waals surface area contributed by atoms with E-state index in [1.807, 2.05) is 44.2 Å². The predicted molar refractivity (Wildman–Crippen MR) is 138 cm³/mol. The highest BCUT2D eigenvalue weighted by molar-refractivity contribution is 7.92. The summed E-state index contributed by atoms with van der Waals surface area (Å²) in [6, 6.07) is 15.0. The lowest BCUT2D eigenvalue weighted by molar-refractivity contribution is -0.139. The van der Waals surface area contributed by atoms with Crippen LogP contribution in [0.1, 0.15) is 49.5 Å². The molecule has 2 aromatic carbocycles. The molecule has 2 rings (SSSR count). The molecule has 2 amide bonds. The molecule has 0 fully saturated rings. The van der Waals surface area contributed by atoms with E-state index in [0.29, 0.717) is 24.9 Å². The Morgan fingerprint density at radius 3 is 2.26 bits per heavy atom. The molecular formula is C26H35N3O5S. The van der Waals surface area contributed by atoms with Gasteiger partial charge in [-0.2, -0.15) is 0 Å². The number of sulfonamides is 1. The Kier molecular flexibility index (Phi) is 10.4. The summed E-state index contributed by atoms with van der Waals surface area (Å²) in [4.78, 5) is 39.7. The van der Waals surface area contributed by atoms with Gasteiger partial charge < -0.3 is 10.2 Å². The van der Waals surface area contributed by atoms with E-state index in [1.165, 1.54) is 17.9 Å². The molecule has 35 heavy (non-hydrogen) atoms. The third kappa shape index (κ3) is 8.20. The van der Waals surface area contributed by atoms with Crippen LogP contribution in [-0.4, -0.2) is 62.8 Å². The minimum atomic E-state index is -3.85. The number of ketones is 1. The topological polar surface area (TPSA) is 104 Å². The first kappa shape index (κ1) is 28.0. The summed E-state index contributed by atoms with van der Waals surface area (Å²) < 4.78 is 26.3. The fourth-order valence-electron chi connectivity index (χ4n) is 3.76. The number of nitrogens with one attached hydrogen (secondary N) is 1. The molecular weight excluding hydrogens is 466 g/mol. The van der Waals surface area contributed by atoms with Crippen molar-refractivity contribution in [2.75, 3.05) is 30.2 Å². The summed E-state index contributed by atoms with van der Waals surface area (Å²) in [6.45, 7) is 5.42. The van der Waals surface area contributed by atoms with Crippen LogP contribution in [0.4, 0.5) is 5.69 Å². The fourth-order valence-corrected chi connectivity index (χ4v) is 4.60. The molecule has 0 bridgehead atoms. The number of hydrogen-bond acceptors (Lipinski definition) is 5. The SMILES string of the molecule is CCCNC(=O)[C@@H](CC)N(CCc1ccccc1)C(=O)CN(c1cccc(C(C)=O)c1)S(C)(=O)=O. The molecule has 1 atom stereocenters. The van der Waals surface area contributed by atoms with Gasteiger partial charge in [0, 0.05) is 18.7 Å². The molecule has 190 valence electrons. The van der Waals surface area contributed by atoms with Gasteiger partial charge in [0.25, 0.3) is 0 Å². The first-order valence-electron chi connectivity index (χ1n) is 11.8. The molecule has 1 N–H and O–H groups in total. The number of benzene rings is 2. The molecule has 0 saturated carbocycles. The van der Waals surface area contributed by atoms with Gasteiger partial charge in [-0.15, -0.1) is 0 Å². The van der Waals surface area contributed by atoms with Crippen LogP contribution in [0.2, 0.25) is 0 Å². The second-order valence-electron chi connectivity index (χ2n) is 8.41. The van der Waals surface area contributed by atoms with Gasteiger partial charge in [-0.25, -0.2) is 8.42 Å². The van der Waals surface area contributed by atoms with Gasteiger partial charge >= 0.3 is 0 Å². The van der Waals surface area contributed by atoms with Crippen molar-refractivity contribution in [3.05, 3.63) is 65.7 Å². The van der Waals surface area contributed by atoms with Crippen LogP contribution in [0, 0.1) is 0 Å². The van der Waals surface area contributed by atoms with E-state index in [2.05, 4.69) is 5.32 Å². The monoisotopic (exact) mass is 501 g/mol. The summed E-state index contributed by atoms with van der Waals surface area (Å²) in [5.74, 6) is -0.965. The maximum absolute atomic E-state index is 13.6. The van der Waals surface area contributed by atoms with Crippen molar-refractivity contribution in [2.45, 2.75) is 46.1 Å². The molecule has 0 aliphatic heterocycles. The van der Waals surface area contributed by atoms with Crippen LogP contribution in [0.25, 0.3) is 0 Å². The summed E-state index contributed by atoms with van der Waals surface area (Å²) in [5.41, 5.74) is 1.57. The first-order chi connectivity index (χ1) is 16.6. The van der Waals surface area contributed by atoms with Gasteiger partial charge in [-0.3, -0.25) is 18.7 Å². The fraction of sp³-hybridized carbons (Fsp3) is 0.423. The van der Waals surface area contributed by atoms with E-state index in [9.17, 15) is 22.8 Å². The Bertz CT molecular complexity index is 1120. The highest BCUT2D eigenvalue weighted by Crippen LogP contribution is 2.21. The Morgan fingerprint density at radius 2 is 1.69 bits per heavy atom. The van der Waals surface area contributed by atoms with E-state index in [-0.39, 0.29) is 23.9 Å². The van der Waals surface area contributed by atoms with Crippen LogP contribution in [0.3, 0.4) is 0 Å². The Morgan fingerprint density at radius 1 is 1.00 bits per heavy atom. The number of amides is 2. The zero-order valence-corrected chi connectivity index (χ0v) is 21.7. The molecule has 0 spiro atoms. The number of Topliss-reactive ketones (excluding diaryl/α,β-unsaturated/α-hetero) is 1. The van der Waals surface area contributed by atoms with Crippen molar-refractivity contribution in [3.63, 3.8) is 0 Å². The van der Waals surface area contributed by atoms with Crippen LogP contribution in [0.5, 0.6) is 0 Å². The van der Waals surface area contributed by atoms with Crippen molar-refractivity contribution in [1.29, 1.82) is 0 Å². The largest absolute Gasteiger partial charge is 0.354 e. The van der Waals surface area contributed by atoms with E-state index in [0.717, 1.165) is 22.5 Å². The van der Waals surface area contributed by atoms with Crippen molar-refractivity contribution < 1.29 is 22.8 Å². The smallest absolute Gasteiger partial charge is 0.244 e. The summed E-state index contributed by atoms with van der Waals surface area (Å²) in [5, 5.41) is 2.85. The van der Waals surface area contributed by atoms with E-state index >= 15 is 0 Å². The van der Waals surface area contributed by atoms with Gasteiger partial charge in [0.1, 0.15) is 12.6 Å². The molecule has 0 heterocycles. The van der Waals surface area contributed by atoms with E-state index in [4.69, 9.17) is 0 Å². The second-order valence-corrected chi connectivity index (χ2v) is 10.3. The van der Waals surface area contributed by atoms with Crippen molar-refractivity contribution in [1.82, 2.24) is 10.2 Å². The number of carbonyl (C=O) groups excluding carboxylic acids is 3. The van der Waals surface area contributed by atoms with E-state index in [1.54, 1.807) is 18.2 Å². The molecule has 9 heteroatoms. The normalized spacial score (nSPS) is 12.0. The average molecular weight is 502 g/mol. The molecule has 0 aromatic heterocycles. The summed E-state index contributed by atoms with van der Waals surface area (Å²) in [7, 11) is -3.85. The lowest BCUT2D eigenvalue weighted by atomic mass is 10.1. The molecule has 0 aliphatic carbocycles. The van der Waals surface area contributed by atoms with Crippen LogP contribution >= 0.6 is 0 Å². The number of hydrogen-bond donors (Lipinski definition) is 1. The van der Waals surface area contributed by atoms with Gasteiger partial charge in [-0.05, 0) is 43.9 Å². The maximum Gasteiger partial charge on any atom is 0.244 e. The van der Waals surface area contributed by atoms with Gasteiger partial charge in [0.2, 0.25) is 21.8 Å². The highest BCUT2D eigenvalue weighted by Gasteiger charge is 2.31. The third-order valence-electron chi connectivity index (χ3n) is 5.64.